The summed E-state index contributed by atoms with van der Waals surface area (Å²) in [7, 11) is 3.14. The number of methoxy groups -OCH3 is 2. The Morgan fingerprint density at radius 1 is 1.00 bits per heavy atom. The summed E-state index contributed by atoms with van der Waals surface area (Å²) in [5, 5.41) is 5.69. The zero-order chi connectivity index (χ0) is 30.9. The van der Waals surface area contributed by atoms with E-state index in [1.54, 1.807) is 24.1 Å². The minimum atomic E-state index is -0.850. The van der Waals surface area contributed by atoms with E-state index in [-0.39, 0.29) is 44.5 Å². The summed E-state index contributed by atoms with van der Waals surface area (Å²) in [6.07, 6.45) is 1.31. The Morgan fingerprint density at radius 3 is 2.47 bits per heavy atom. The van der Waals surface area contributed by atoms with Gasteiger partial charge in [-0.25, -0.2) is 0 Å². The lowest BCUT2D eigenvalue weighted by molar-refractivity contribution is -0.142. The average molecular weight is 595 g/mol. The predicted octanol–water partition coefficient (Wildman–Crippen LogP) is 1.71. The van der Waals surface area contributed by atoms with Crippen molar-refractivity contribution in [3.8, 4) is 11.5 Å². The molecular weight excluding hydrogens is 552 g/mol. The second-order valence-corrected chi connectivity index (χ2v) is 11.4. The molecule has 0 fully saturated rings. The van der Waals surface area contributed by atoms with E-state index in [0.717, 1.165) is 22.4 Å². The summed E-state index contributed by atoms with van der Waals surface area (Å²) in [4.78, 5) is 56.9. The standard InChI is InChI=1S/C32H42N4O7/c1-21(2)15-27-31(39)36(13-14-41-3)19-29(37)33-28(16-22-5-8-25(9-6-22)43-20-30(38)34-27)32(40)35-12-11-23-17-26(42-4)10-7-24(23)18-35/h5-10,17,21,27-28H,11-16,18-20H2,1-4H3,(H,33,37)(H,34,38)/t27-,28-/m0/s1. The highest BCUT2D eigenvalue weighted by molar-refractivity contribution is 5.93. The van der Waals surface area contributed by atoms with E-state index in [9.17, 15) is 19.2 Å². The molecule has 232 valence electrons. The number of hydrogen-bond acceptors (Lipinski definition) is 7. The van der Waals surface area contributed by atoms with Gasteiger partial charge in [0.25, 0.3) is 5.91 Å². The number of benzene rings is 2. The maximum Gasteiger partial charge on any atom is 0.258 e. The zero-order valence-corrected chi connectivity index (χ0v) is 25.4. The molecule has 5 rings (SSSR count). The summed E-state index contributed by atoms with van der Waals surface area (Å²) in [5.74, 6) is -0.131. The fourth-order valence-corrected chi connectivity index (χ4v) is 5.40. The number of nitrogens with zero attached hydrogens (tertiary/aromatic N) is 2. The molecule has 0 spiro atoms. The summed E-state index contributed by atoms with van der Waals surface area (Å²) < 4.78 is 16.2. The largest absolute Gasteiger partial charge is 0.497 e. The Hall–Kier alpha value is -4.12. The number of fused-ring (bicyclic) bond motifs is 14. The fourth-order valence-electron chi connectivity index (χ4n) is 5.40. The van der Waals surface area contributed by atoms with E-state index in [2.05, 4.69) is 10.6 Å². The third-order valence-corrected chi connectivity index (χ3v) is 7.66. The van der Waals surface area contributed by atoms with Gasteiger partial charge in [-0.3, -0.25) is 19.2 Å². The van der Waals surface area contributed by atoms with E-state index in [4.69, 9.17) is 14.2 Å². The number of amides is 4. The molecule has 0 unspecified atom stereocenters. The lowest BCUT2D eigenvalue weighted by Gasteiger charge is -2.33. The third kappa shape index (κ3) is 8.70. The van der Waals surface area contributed by atoms with Crippen molar-refractivity contribution in [3.05, 3.63) is 59.2 Å². The van der Waals surface area contributed by atoms with Crippen LogP contribution in [0, 0.1) is 5.92 Å². The molecule has 0 saturated carbocycles. The molecule has 43 heavy (non-hydrogen) atoms. The zero-order valence-electron chi connectivity index (χ0n) is 25.4. The predicted molar refractivity (Wildman–Crippen MR) is 160 cm³/mol. The van der Waals surface area contributed by atoms with Gasteiger partial charge in [-0.05, 0) is 59.7 Å². The van der Waals surface area contributed by atoms with Crippen molar-refractivity contribution < 1.29 is 33.4 Å². The quantitative estimate of drug-likeness (QED) is 0.468. The van der Waals surface area contributed by atoms with Gasteiger partial charge < -0.3 is 34.6 Å². The SMILES string of the molecule is COCCN1CC(=O)N[C@H](C(=O)N2CCc3cc(OC)ccc3C2)Cc2ccc(cc2)OCC(=O)N[C@@H](CC(C)C)C1=O. The Bertz CT molecular complexity index is 1300. The molecule has 0 aliphatic carbocycles. The van der Waals surface area contributed by atoms with E-state index in [1.807, 2.05) is 44.2 Å². The Balaban J connectivity index is 1.60. The van der Waals surface area contributed by atoms with Crippen LogP contribution in [0.15, 0.2) is 42.5 Å². The number of carbonyl (C=O) groups is 4. The minimum Gasteiger partial charge on any atom is -0.497 e. The van der Waals surface area contributed by atoms with Crippen LogP contribution in [0.1, 0.15) is 37.0 Å². The number of rotatable bonds is 7. The molecule has 0 aromatic heterocycles. The van der Waals surface area contributed by atoms with Crippen molar-refractivity contribution in [2.75, 3.05) is 47.1 Å². The Kier molecular flexibility index (Phi) is 11.0. The maximum atomic E-state index is 13.9. The third-order valence-electron chi connectivity index (χ3n) is 7.66. The lowest BCUT2D eigenvalue weighted by atomic mass is 9.97. The highest BCUT2D eigenvalue weighted by atomic mass is 16.5. The van der Waals surface area contributed by atoms with E-state index < -0.39 is 29.8 Å². The van der Waals surface area contributed by atoms with Crippen LogP contribution in [0.2, 0.25) is 0 Å². The molecule has 3 heterocycles. The second-order valence-electron chi connectivity index (χ2n) is 11.4. The number of ether oxygens (including phenoxy) is 3. The van der Waals surface area contributed by atoms with Crippen molar-refractivity contribution in [3.63, 3.8) is 0 Å². The molecule has 2 bridgehead atoms. The van der Waals surface area contributed by atoms with Crippen molar-refractivity contribution >= 4 is 23.6 Å². The summed E-state index contributed by atoms with van der Waals surface area (Å²) in [5.41, 5.74) is 2.99. The van der Waals surface area contributed by atoms with Gasteiger partial charge in [-0.15, -0.1) is 0 Å². The van der Waals surface area contributed by atoms with Gasteiger partial charge in [0.1, 0.15) is 23.6 Å². The van der Waals surface area contributed by atoms with Crippen LogP contribution < -0.4 is 20.1 Å². The molecule has 2 N–H and O–H groups in total. The summed E-state index contributed by atoms with van der Waals surface area (Å²) in [6.45, 7) is 4.64. The molecule has 3 aliphatic rings. The van der Waals surface area contributed by atoms with E-state index in [1.165, 1.54) is 12.0 Å². The van der Waals surface area contributed by atoms with Crippen molar-refractivity contribution in [1.29, 1.82) is 0 Å². The van der Waals surface area contributed by atoms with Crippen LogP contribution in [0.4, 0.5) is 0 Å². The van der Waals surface area contributed by atoms with Crippen LogP contribution >= 0.6 is 0 Å². The highest BCUT2D eigenvalue weighted by Crippen LogP contribution is 2.25. The normalized spacial score (nSPS) is 19.9. The molecule has 0 radical (unpaired) electrons. The lowest BCUT2D eigenvalue weighted by Crippen LogP contribution is -2.55. The smallest absolute Gasteiger partial charge is 0.258 e. The number of nitrogens with one attached hydrogen (secondary N) is 2. The minimum absolute atomic E-state index is 0.101. The van der Waals surface area contributed by atoms with Crippen LogP contribution in [0.3, 0.4) is 0 Å². The molecule has 2 atom stereocenters. The van der Waals surface area contributed by atoms with E-state index in [0.29, 0.717) is 31.7 Å². The van der Waals surface area contributed by atoms with Gasteiger partial charge in [0, 0.05) is 33.2 Å². The molecule has 11 nitrogen and oxygen atoms in total. The monoisotopic (exact) mass is 594 g/mol. The van der Waals surface area contributed by atoms with Gasteiger partial charge in [-0.2, -0.15) is 0 Å². The molecule has 3 aliphatic heterocycles. The first kappa shape index (κ1) is 31.8. The molecule has 11 heteroatoms. The van der Waals surface area contributed by atoms with Crippen LogP contribution in [-0.4, -0.2) is 92.6 Å². The first-order valence-electron chi connectivity index (χ1n) is 14.7. The molecule has 2 aromatic carbocycles. The van der Waals surface area contributed by atoms with Crippen molar-refractivity contribution in [2.45, 2.75) is 51.7 Å². The first-order chi connectivity index (χ1) is 20.7. The van der Waals surface area contributed by atoms with Crippen LogP contribution in [-0.2, 0) is 43.3 Å². The Morgan fingerprint density at radius 2 is 1.77 bits per heavy atom. The fraction of sp³-hybridized carbons (Fsp3) is 0.500. The van der Waals surface area contributed by atoms with Crippen LogP contribution in [0.5, 0.6) is 11.5 Å². The molecule has 0 saturated heterocycles. The van der Waals surface area contributed by atoms with Gasteiger partial charge in [0.15, 0.2) is 6.61 Å². The van der Waals surface area contributed by atoms with Crippen molar-refractivity contribution in [1.82, 2.24) is 20.4 Å². The second kappa shape index (κ2) is 14.9. The van der Waals surface area contributed by atoms with Crippen LogP contribution in [0.25, 0.3) is 0 Å². The van der Waals surface area contributed by atoms with Crippen molar-refractivity contribution in [2.24, 2.45) is 5.92 Å². The maximum absolute atomic E-state index is 13.9. The number of hydrogen-bond donors (Lipinski definition) is 2. The number of carbonyl (C=O) groups excluding carboxylic acids is 4. The Labute approximate surface area is 252 Å². The highest BCUT2D eigenvalue weighted by Gasteiger charge is 2.32. The van der Waals surface area contributed by atoms with Gasteiger partial charge >= 0.3 is 0 Å². The van der Waals surface area contributed by atoms with Gasteiger partial charge in [0.05, 0.1) is 20.3 Å². The molecule has 2 aromatic rings. The first-order valence-corrected chi connectivity index (χ1v) is 14.7. The topological polar surface area (TPSA) is 127 Å². The molecule has 4 amide bonds. The summed E-state index contributed by atoms with van der Waals surface area (Å²) >= 11 is 0. The molecular formula is C32H42N4O7. The summed E-state index contributed by atoms with van der Waals surface area (Å²) in [6, 6.07) is 11.2. The average Bonchev–Trinajstić information content (AvgIpc) is 3.00. The van der Waals surface area contributed by atoms with E-state index >= 15 is 0 Å². The van der Waals surface area contributed by atoms with Gasteiger partial charge in [-0.1, -0.05) is 32.0 Å². The van der Waals surface area contributed by atoms with Gasteiger partial charge in [0.2, 0.25) is 17.7 Å².